The summed E-state index contributed by atoms with van der Waals surface area (Å²) in [7, 11) is 1.32. The van der Waals surface area contributed by atoms with E-state index in [2.05, 4.69) is 5.32 Å². The van der Waals surface area contributed by atoms with Crippen LogP contribution in [0.3, 0.4) is 0 Å². The Kier molecular flexibility index (Phi) is 6.55. The summed E-state index contributed by atoms with van der Waals surface area (Å²) < 4.78 is 10.5. The van der Waals surface area contributed by atoms with E-state index in [4.69, 9.17) is 9.47 Å². The van der Waals surface area contributed by atoms with Gasteiger partial charge in [-0.1, -0.05) is 0 Å². The number of aldehydes is 1. The van der Waals surface area contributed by atoms with Crippen molar-refractivity contribution in [3.63, 3.8) is 0 Å². The van der Waals surface area contributed by atoms with Crippen molar-refractivity contribution in [3.8, 4) is 0 Å². The summed E-state index contributed by atoms with van der Waals surface area (Å²) in [4.78, 5) is 34.0. The highest BCUT2D eigenvalue weighted by atomic mass is 16.5. The maximum absolute atomic E-state index is 11.8. The van der Waals surface area contributed by atoms with Gasteiger partial charge in [-0.15, -0.1) is 0 Å². The smallest absolute Gasteiger partial charge is 0.333 e. The molecule has 1 aliphatic carbocycles. The molecule has 0 aromatic carbocycles. The Balaban J connectivity index is 3.08. The van der Waals surface area contributed by atoms with E-state index in [0.717, 1.165) is 6.29 Å². The molecule has 0 aromatic rings. The predicted octanol–water partition coefficient (Wildman–Crippen LogP) is 0.993. The maximum Gasteiger partial charge on any atom is 0.333 e. The fourth-order valence-corrected chi connectivity index (χ4v) is 2.56. The van der Waals surface area contributed by atoms with Crippen molar-refractivity contribution in [2.75, 3.05) is 7.11 Å². The predicted molar refractivity (Wildman–Crippen MR) is 76.5 cm³/mol. The normalized spacial score (nSPS) is 25.2. The quantitative estimate of drug-likeness (QED) is 0.584. The van der Waals surface area contributed by atoms with Gasteiger partial charge >= 0.3 is 5.97 Å². The minimum atomic E-state index is -0.457. The Labute approximate surface area is 124 Å². The minimum Gasteiger partial charge on any atom is -0.466 e. The molecule has 0 aromatic heterocycles. The fraction of sp³-hybridized carbons (Fsp3) is 0.667. The van der Waals surface area contributed by atoms with Gasteiger partial charge < -0.3 is 19.6 Å². The van der Waals surface area contributed by atoms with Crippen LogP contribution in [-0.4, -0.2) is 43.5 Å². The average Bonchev–Trinajstić information content (AvgIpc) is 2.40. The molecule has 0 heterocycles. The summed E-state index contributed by atoms with van der Waals surface area (Å²) in [6, 6.07) is -0.330. The molecule has 1 amide bonds. The van der Waals surface area contributed by atoms with Crippen LogP contribution >= 0.6 is 0 Å². The Morgan fingerprint density at radius 1 is 1.48 bits per heavy atom. The lowest BCUT2D eigenvalue weighted by Gasteiger charge is -2.37. The van der Waals surface area contributed by atoms with Crippen LogP contribution in [0, 0.1) is 5.92 Å². The van der Waals surface area contributed by atoms with E-state index in [0.29, 0.717) is 12.0 Å². The molecule has 6 heteroatoms. The monoisotopic (exact) mass is 297 g/mol. The van der Waals surface area contributed by atoms with Crippen molar-refractivity contribution in [1.29, 1.82) is 0 Å². The average molecular weight is 297 g/mol. The number of rotatable bonds is 6. The number of carbonyl (C=O) groups is 3. The Morgan fingerprint density at radius 3 is 2.62 bits per heavy atom. The summed E-state index contributed by atoms with van der Waals surface area (Å²) >= 11 is 0. The van der Waals surface area contributed by atoms with Crippen molar-refractivity contribution >= 4 is 18.2 Å². The standard InChI is InChI=1S/C15H23NO5/c1-9(2)21-13-8-12(15(19)20-4)7-11(5-6-17)14(13)16-10(3)18/h6,8-9,11,13-14H,5,7H2,1-4H3,(H,16,18)/t11-,13+,14+/m0/s1. The Bertz CT molecular complexity index is 430. The van der Waals surface area contributed by atoms with E-state index in [9.17, 15) is 14.4 Å². The molecule has 0 aliphatic heterocycles. The molecule has 0 radical (unpaired) electrons. The van der Waals surface area contributed by atoms with Crippen LogP contribution in [0.5, 0.6) is 0 Å². The number of esters is 1. The van der Waals surface area contributed by atoms with Gasteiger partial charge in [0.25, 0.3) is 0 Å². The van der Waals surface area contributed by atoms with Gasteiger partial charge in [0.1, 0.15) is 6.29 Å². The molecule has 1 N–H and O–H groups in total. The van der Waals surface area contributed by atoms with Crippen molar-refractivity contribution in [2.45, 2.75) is 51.9 Å². The van der Waals surface area contributed by atoms with Crippen molar-refractivity contribution in [3.05, 3.63) is 11.6 Å². The first-order valence-electron chi connectivity index (χ1n) is 7.04. The lowest BCUT2D eigenvalue weighted by Crippen LogP contribution is -2.51. The van der Waals surface area contributed by atoms with Crippen LogP contribution < -0.4 is 5.32 Å². The lowest BCUT2D eigenvalue weighted by atomic mass is 9.80. The van der Waals surface area contributed by atoms with E-state index in [1.807, 2.05) is 13.8 Å². The van der Waals surface area contributed by atoms with Crippen molar-refractivity contribution in [2.24, 2.45) is 5.92 Å². The van der Waals surface area contributed by atoms with Gasteiger partial charge in [-0.25, -0.2) is 4.79 Å². The first-order chi connectivity index (χ1) is 9.88. The van der Waals surface area contributed by atoms with Gasteiger partial charge in [-0.2, -0.15) is 0 Å². The van der Waals surface area contributed by atoms with E-state index in [-0.39, 0.29) is 30.4 Å². The van der Waals surface area contributed by atoms with E-state index in [1.165, 1.54) is 14.0 Å². The zero-order valence-corrected chi connectivity index (χ0v) is 12.9. The van der Waals surface area contributed by atoms with E-state index >= 15 is 0 Å². The second-order valence-electron chi connectivity index (χ2n) is 5.43. The van der Waals surface area contributed by atoms with Gasteiger partial charge in [0.2, 0.25) is 5.91 Å². The third kappa shape index (κ3) is 4.97. The summed E-state index contributed by atoms with van der Waals surface area (Å²) in [5.74, 6) is -0.804. The number of amides is 1. The van der Waals surface area contributed by atoms with Crippen molar-refractivity contribution in [1.82, 2.24) is 5.32 Å². The first-order valence-corrected chi connectivity index (χ1v) is 7.04. The molecule has 0 saturated carbocycles. The second-order valence-corrected chi connectivity index (χ2v) is 5.43. The summed E-state index contributed by atoms with van der Waals surface area (Å²) in [6.07, 6.45) is 2.59. The van der Waals surface area contributed by atoms with E-state index < -0.39 is 12.1 Å². The maximum atomic E-state index is 11.8. The fourth-order valence-electron chi connectivity index (χ4n) is 2.56. The molecular formula is C15H23NO5. The first kappa shape index (κ1) is 17.4. The Hall–Kier alpha value is -1.69. The Morgan fingerprint density at radius 2 is 2.14 bits per heavy atom. The number of nitrogens with one attached hydrogen (secondary N) is 1. The number of hydrogen-bond acceptors (Lipinski definition) is 5. The third-order valence-corrected chi connectivity index (χ3v) is 3.36. The number of methoxy groups -OCH3 is 1. The molecule has 0 bridgehead atoms. The van der Waals surface area contributed by atoms with Gasteiger partial charge in [-0.05, 0) is 32.3 Å². The molecule has 21 heavy (non-hydrogen) atoms. The van der Waals surface area contributed by atoms with Gasteiger partial charge in [0.15, 0.2) is 0 Å². The molecule has 118 valence electrons. The molecule has 0 unspecified atom stereocenters. The van der Waals surface area contributed by atoms with Crippen LogP contribution in [0.1, 0.15) is 33.6 Å². The van der Waals surface area contributed by atoms with Crippen LogP contribution in [0.4, 0.5) is 0 Å². The zero-order valence-electron chi connectivity index (χ0n) is 12.9. The van der Waals surface area contributed by atoms with Crippen LogP contribution in [0.2, 0.25) is 0 Å². The molecule has 1 aliphatic rings. The molecule has 3 atom stereocenters. The number of carbonyl (C=O) groups excluding carboxylic acids is 3. The van der Waals surface area contributed by atoms with E-state index in [1.54, 1.807) is 6.08 Å². The topological polar surface area (TPSA) is 81.7 Å². The van der Waals surface area contributed by atoms with Gasteiger partial charge in [0, 0.05) is 18.9 Å². The van der Waals surface area contributed by atoms with Crippen LogP contribution in [0.25, 0.3) is 0 Å². The number of ether oxygens (including phenoxy) is 2. The summed E-state index contributed by atoms with van der Waals surface area (Å²) in [6.45, 7) is 5.17. The minimum absolute atomic E-state index is 0.0728. The third-order valence-electron chi connectivity index (χ3n) is 3.36. The molecule has 1 rings (SSSR count). The highest BCUT2D eigenvalue weighted by molar-refractivity contribution is 5.89. The van der Waals surface area contributed by atoms with Gasteiger partial charge in [0.05, 0.1) is 25.4 Å². The molecular weight excluding hydrogens is 274 g/mol. The van der Waals surface area contributed by atoms with Gasteiger partial charge in [-0.3, -0.25) is 4.79 Å². The number of hydrogen-bond donors (Lipinski definition) is 1. The molecule has 0 spiro atoms. The summed E-state index contributed by atoms with van der Waals surface area (Å²) in [5.41, 5.74) is 0.483. The summed E-state index contributed by atoms with van der Waals surface area (Å²) in [5, 5.41) is 2.83. The van der Waals surface area contributed by atoms with Crippen LogP contribution in [-0.2, 0) is 23.9 Å². The second kappa shape index (κ2) is 7.93. The largest absolute Gasteiger partial charge is 0.466 e. The molecule has 0 saturated heterocycles. The highest BCUT2D eigenvalue weighted by Crippen LogP contribution is 2.30. The van der Waals surface area contributed by atoms with Crippen molar-refractivity contribution < 1.29 is 23.9 Å². The molecule has 6 nitrogen and oxygen atoms in total. The lowest BCUT2D eigenvalue weighted by molar-refractivity contribution is -0.137. The highest BCUT2D eigenvalue weighted by Gasteiger charge is 2.36. The van der Waals surface area contributed by atoms with Crippen LogP contribution in [0.15, 0.2) is 11.6 Å². The molecule has 0 fully saturated rings. The zero-order chi connectivity index (χ0) is 16.0. The SMILES string of the molecule is COC(=O)C1=C[C@@H](OC(C)C)[C@H](NC(C)=O)[C@@H](CC=O)C1.